The van der Waals surface area contributed by atoms with E-state index in [4.69, 9.17) is 14.7 Å². The van der Waals surface area contributed by atoms with Crippen molar-refractivity contribution >= 4 is 11.7 Å². The van der Waals surface area contributed by atoms with Gasteiger partial charge in [0.15, 0.2) is 0 Å². The smallest absolute Gasteiger partial charge is 0.322 e. The van der Waals surface area contributed by atoms with E-state index >= 15 is 0 Å². The van der Waals surface area contributed by atoms with Crippen molar-refractivity contribution in [3.8, 4) is 11.8 Å². The first-order chi connectivity index (χ1) is 10.3. The van der Waals surface area contributed by atoms with Gasteiger partial charge < -0.3 is 19.7 Å². The van der Waals surface area contributed by atoms with Crippen LogP contribution in [-0.2, 0) is 4.74 Å². The quantitative estimate of drug-likeness (QED) is 0.843. The van der Waals surface area contributed by atoms with Crippen LogP contribution < -0.4 is 10.1 Å². The van der Waals surface area contributed by atoms with E-state index in [-0.39, 0.29) is 6.03 Å². The maximum atomic E-state index is 12.1. The molecule has 2 rings (SSSR count). The van der Waals surface area contributed by atoms with Crippen LogP contribution in [0.4, 0.5) is 10.5 Å². The van der Waals surface area contributed by atoms with Gasteiger partial charge >= 0.3 is 6.03 Å². The van der Waals surface area contributed by atoms with E-state index in [0.717, 1.165) is 0 Å². The summed E-state index contributed by atoms with van der Waals surface area (Å²) in [6.45, 7) is 2.87. The summed E-state index contributed by atoms with van der Waals surface area (Å²) in [5.74, 6) is 0.688. The van der Waals surface area contributed by atoms with Crippen molar-refractivity contribution in [1.82, 2.24) is 4.90 Å². The molecule has 0 spiro atoms. The van der Waals surface area contributed by atoms with Crippen molar-refractivity contribution in [1.29, 1.82) is 5.26 Å². The average molecular weight is 289 g/mol. The number of carbonyl (C=O) groups is 1. The van der Waals surface area contributed by atoms with Crippen molar-refractivity contribution in [3.63, 3.8) is 0 Å². The fourth-order valence-electron chi connectivity index (χ4n) is 1.97. The van der Waals surface area contributed by atoms with Gasteiger partial charge in [-0.15, -0.1) is 0 Å². The highest BCUT2D eigenvalue weighted by atomic mass is 16.5. The van der Waals surface area contributed by atoms with Crippen LogP contribution in [0.15, 0.2) is 24.3 Å². The van der Waals surface area contributed by atoms with Gasteiger partial charge in [-0.2, -0.15) is 5.26 Å². The van der Waals surface area contributed by atoms with Crippen molar-refractivity contribution < 1.29 is 14.3 Å². The maximum Gasteiger partial charge on any atom is 0.322 e. The van der Waals surface area contributed by atoms with Crippen LogP contribution in [-0.4, -0.2) is 43.8 Å². The van der Waals surface area contributed by atoms with E-state index < -0.39 is 0 Å². The number of morpholine rings is 1. The molecule has 112 valence electrons. The first-order valence-electron chi connectivity index (χ1n) is 7.03. The highest BCUT2D eigenvalue weighted by molar-refractivity contribution is 5.89. The first kappa shape index (κ1) is 15.1. The lowest BCUT2D eigenvalue weighted by molar-refractivity contribution is 0.0564. The molecule has 1 aliphatic rings. The molecule has 0 aliphatic carbocycles. The predicted molar refractivity (Wildman–Crippen MR) is 78.2 cm³/mol. The molecule has 0 unspecified atom stereocenters. The molecule has 6 heteroatoms. The minimum absolute atomic E-state index is 0.125. The lowest BCUT2D eigenvalue weighted by Gasteiger charge is -2.27. The second kappa shape index (κ2) is 8.12. The lowest BCUT2D eigenvalue weighted by Crippen LogP contribution is -2.43. The zero-order valence-electron chi connectivity index (χ0n) is 11.9. The molecule has 0 atom stereocenters. The number of hydrogen-bond acceptors (Lipinski definition) is 4. The predicted octanol–water partition coefficient (Wildman–Crippen LogP) is 2.23. The van der Waals surface area contributed by atoms with E-state index in [1.807, 2.05) is 18.2 Å². The van der Waals surface area contributed by atoms with Crippen LogP contribution >= 0.6 is 0 Å². The van der Waals surface area contributed by atoms with Crippen molar-refractivity contribution in [3.05, 3.63) is 24.3 Å². The number of nitrogens with zero attached hydrogens (tertiary/aromatic N) is 2. The van der Waals surface area contributed by atoms with Gasteiger partial charge in [0.05, 0.1) is 25.9 Å². The van der Waals surface area contributed by atoms with E-state index in [9.17, 15) is 4.79 Å². The zero-order chi connectivity index (χ0) is 14.9. The fraction of sp³-hybridized carbons (Fsp3) is 0.467. The summed E-state index contributed by atoms with van der Waals surface area (Å²) in [5.41, 5.74) is 0.698. The molecule has 1 aromatic rings. The monoisotopic (exact) mass is 289 g/mol. The molecule has 0 aromatic heterocycles. The number of nitriles is 1. The van der Waals surface area contributed by atoms with E-state index in [1.165, 1.54) is 0 Å². The molecule has 2 amide bonds. The fourth-order valence-corrected chi connectivity index (χ4v) is 1.97. The van der Waals surface area contributed by atoms with Gasteiger partial charge in [-0.05, 0) is 18.6 Å². The van der Waals surface area contributed by atoms with Gasteiger partial charge in [0.2, 0.25) is 0 Å². The van der Waals surface area contributed by atoms with Gasteiger partial charge in [0, 0.05) is 31.3 Å². The number of anilines is 1. The molecule has 1 N–H and O–H groups in total. The van der Waals surface area contributed by atoms with Gasteiger partial charge in [-0.1, -0.05) is 6.07 Å². The van der Waals surface area contributed by atoms with Gasteiger partial charge in [-0.3, -0.25) is 0 Å². The first-order valence-corrected chi connectivity index (χ1v) is 7.03. The molecule has 0 radical (unpaired) electrons. The second-order valence-electron chi connectivity index (χ2n) is 4.67. The summed E-state index contributed by atoms with van der Waals surface area (Å²) in [7, 11) is 0. The molecular weight excluding hydrogens is 270 g/mol. The number of rotatable bonds is 5. The number of unbranched alkanes of at least 4 members (excludes halogenated alkanes) is 1. The molecule has 0 bridgehead atoms. The topological polar surface area (TPSA) is 74.6 Å². The van der Waals surface area contributed by atoms with E-state index in [2.05, 4.69) is 11.4 Å². The highest BCUT2D eigenvalue weighted by Crippen LogP contribution is 2.18. The normalized spacial score (nSPS) is 14.3. The van der Waals surface area contributed by atoms with E-state index in [0.29, 0.717) is 57.2 Å². The van der Waals surface area contributed by atoms with Crippen LogP contribution in [0.1, 0.15) is 12.8 Å². The molecule has 1 heterocycles. The third kappa shape index (κ3) is 4.97. The number of ether oxygens (including phenoxy) is 2. The zero-order valence-corrected chi connectivity index (χ0v) is 11.9. The largest absolute Gasteiger partial charge is 0.493 e. The Kier molecular flexibility index (Phi) is 5.85. The molecule has 21 heavy (non-hydrogen) atoms. The summed E-state index contributed by atoms with van der Waals surface area (Å²) in [6.07, 6.45) is 1.17. The number of carbonyl (C=O) groups excluding carboxylic acids is 1. The van der Waals surface area contributed by atoms with Gasteiger partial charge in [0.1, 0.15) is 5.75 Å². The molecule has 1 aliphatic heterocycles. The Morgan fingerprint density at radius 1 is 1.43 bits per heavy atom. The Balaban J connectivity index is 1.85. The number of amides is 2. The maximum absolute atomic E-state index is 12.1. The Morgan fingerprint density at radius 3 is 3.00 bits per heavy atom. The Labute approximate surface area is 124 Å². The molecule has 6 nitrogen and oxygen atoms in total. The van der Waals surface area contributed by atoms with Crippen molar-refractivity contribution in [2.45, 2.75) is 12.8 Å². The number of benzene rings is 1. The minimum Gasteiger partial charge on any atom is -0.493 e. The number of urea groups is 1. The Hall–Kier alpha value is -2.26. The second-order valence-corrected chi connectivity index (χ2v) is 4.67. The van der Waals surface area contributed by atoms with Crippen LogP contribution in [0.2, 0.25) is 0 Å². The summed E-state index contributed by atoms with van der Waals surface area (Å²) in [4.78, 5) is 13.8. The van der Waals surface area contributed by atoms with Crippen LogP contribution in [0.5, 0.6) is 5.75 Å². The molecule has 1 aromatic carbocycles. The van der Waals surface area contributed by atoms with Crippen molar-refractivity contribution in [2.24, 2.45) is 0 Å². The third-order valence-corrected chi connectivity index (χ3v) is 3.09. The standard InChI is InChI=1S/C15H19N3O3/c16-6-1-2-9-21-14-5-3-4-13(12-14)17-15(19)18-7-10-20-11-8-18/h3-5,12H,1-2,7-11H2,(H,17,19). The number of nitrogens with one attached hydrogen (secondary N) is 1. The average Bonchev–Trinajstić information content (AvgIpc) is 2.53. The summed E-state index contributed by atoms with van der Waals surface area (Å²) >= 11 is 0. The third-order valence-electron chi connectivity index (χ3n) is 3.09. The molecule has 1 saturated heterocycles. The summed E-state index contributed by atoms with van der Waals surface area (Å²) in [6, 6.07) is 9.21. The molecule has 1 fully saturated rings. The molecular formula is C15H19N3O3. The van der Waals surface area contributed by atoms with Gasteiger partial charge in [0.25, 0.3) is 0 Å². The van der Waals surface area contributed by atoms with E-state index in [1.54, 1.807) is 11.0 Å². The molecule has 0 saturated carbocycles. The lowest BCUT2D eigenvalue weighted by atomic mass is 10.3. The van der Waals surface area contributed by atoms with Crippen molar-refractivity contribution in [2.75, 3.05) is 38.2 Å². The minimum atomic E-state index is -0.125. The number of hydrogen-bond donors (Lipinski definition) is 1. The van der Waals surface area contributed by atoms with Crippen LogP contribution in [0, 0.1) is 11.3 Å². The SMILES string of the molecule is N#CCCCOc1cccc(NC(=O)N2CCOCC2)c1. The van der Waals surface area contributed by atoms with Crippen LogP contribution in [0.25, 0.3) is 0 Å². The highest BCUT2D eigenvalue weighted by Gasteiger charge is 2.16. The summed E-state index contributed by atoms with van der Waals surface area (Å²) < 4.78 is 10.8. The Bertz CT molecular complexity index is 507. The Morgan fingerprint density at radius 2 is 2.24 bits per heavy atom. The summed E-state index contributed by atoms with van der Waals surface area (Å²) in [5, 5.41) is 11.3. The van der Waals surface area contributed by atoms with Gasteiger partial charge in [-0.25, -0.2) is 4.79 Å². The van der Waals surface area contributed by atoms with Crippen LogP contribution in [0.3, 0.4) is 0 Å².